The average molecular weight is 467 g/mol. The highest BCUT2D eigenvalue weighted by Gasteiger charge is 2.37. The van der Waals surface area contributed by atoms with E-state index in [9.17, 15) is 5.11 Å². The number of aromatic hydroxyl groups is 1. The van der Waals surface area contributed by atoms with Crippen LogP contribution in [0.5, 0.6) is 5.75 Å². The van der Waals surface area contributed by atoms with Gasteiger partial charge in [-0.3, -0.25) is 0 Å². The molecule has 4 rings (SSSR count). The Hall–Kier alpha value is -2.49. The van der Waals surface area contributed by atoms with Gasteiger partial charge in [0.25, 0.3) is 0 Å². The molecule has 0 atom stereocenters. The number of phenols is 1. The number of piperidine rings is 1. The van der Waals surface area contributed by atoms with Crippen molar-refractivity contribution in [2.75, 3.05) is 5.32 Å². The highest BCUT2D eigenvalue weighted by atomic mass is 35.5. The maximum Gasteiger partial charge on any atom is 0.242 e. The fraction of sp³-hybridized carbons (Fsp3) is 0.450. The third-order valence-corrected chi connectivity index (χ3v) is 4.99. The maximum atomic E-state index is 10.4. The molecule has 0 aliphatic carbocycles. The van der Waals surface area contributed by atoms with Crippen LogP contribution in [-0.2, 0) is 0 Å². The Balaban J connectivity index is 0.00000171. The molecule has 0 unspecified atom stereocenters. The van der Waals surface area contributed by atoms with Gasteiger partial charge in [-0.15, -0.1) is 35.0 Å². The number of nitrogens with one attached hydrogen (secondary N) is 2. The normalized spacial score (nSPS) is 17.3. The molecule has 11 heteroatoms. The van der Waals surface area contributed by atoms with Crippen molar-refractivity contribution in [2.24, 2.45) is 0 Å². The van der Waals surface area contributed by atoms with Crippen molar-refractivity contribution in [3.05, 3.63) is 36.8 Å². The first-order valence-electron chi connectivity index (χ1n) is 9.66. The summed E-state index contributed by atoms with van der Waals surface area (Å²) in [6.07, 6.45) is 6.71. The van der Waals surface area contributed by atoms with Crippen LogP contribution in [0.25, 0.3) is 16.9 Å². The highest BCUT2D eigenvalue weighted by Crippen LogP contribution is 2.31. The van der Waals surface area contributed by atoms with Crippen LogP contribution in [0.3, 0.4) is 0 Å². The molecule has 1 fully saturated rings. The van der Waals surface area contributed by atoms with E-state index in [1.54, 1.807) is 30.7 Å². The summed E-state index contributed by atoms with van der Waals surface area (Å²) < 4.78 is 0. The van der Waals surface area contributed by atoms with Gasteiger partial charge in [-0.05, 0) is 52.7 Å². The van der Waals surface area contributed by atoms with Gasteiger partial charge >= 0.3 is 0 Å². The van der Waals surface area contributed by atoms with Crippen LogP contribution in [0.15, 0.2) is 36.8 Å². The van der Waals surface area contributed by atoms with Gasteiger partial charge in [0.1, 0.15) is 11.4 Å². The summed E-state index contributed by atoms with van der Waals surface area (Å²) in [7, 11) is 0. The number of anilines is 1. The third kappa shape index (κ3) is 5.81. The largest absolute Gasteiger partial charge is 0.507 e. The van der Waals surface area contributed by atoms with E-state index < -0.39 is 0 Å². The van der Waals surface area contributed by atoms with Crippen molar-refractivity contribution >= 4 is 30.8 Å². The van der Waals surface area contributed by atoms with Crippen molar-refractivity contribution in [1.82, 2.24) is 35.5 Å². The first-order chi connectivity index (χ1) is 13.7. The van der Waals surface area contributed by atoms with E-state index in [0.717, 1.165) is 12.8 Å². The number of rotatable bonds is 4. The molecule has 0 saturated carbocycles. The van der Waals surface area contributed by atoms with E-state index in [-0.39, 0.29) is 47.7 Å². The summed E-state index contributed by atoms with van der Waals surface area (Å²) in [6, 6.07) is 5.40. The topological polar surface area (TPSA) is 114 Å². The zero-order valence-corrected chi connectivity index (χ0v) is 19.5. The fourth-order valence-corrected chi connectivity index (χ4v) is 4.28. The van der Waals surface area contributed by atoms with Crippen molar-refractivity contribution in [3.8, 4) is 22.7 Å². The van der Waals surface area contributed by atoms with Gasteiger partial charge in [0, 0.05) is 28.7 Å². The summed E-state index contributed by atoms with van der Waals surface area (Å²) in [5.74, 6) is 0.558. The predicted octanol–water partition coefficient (Wildman–Crippen LogP) is 3.39. The standard InChI is InChI=1S/C20H26N8O.2ClH/c1-19(2)10-13(11-20(3,4)27-19)24-18-21-12-16(25-26-18)15-6-5-14(9-17(15)29)28-22-7-8-23-28;;/h5-9,12-13,27,29H,10-11H2,1-4H3,(H,21,24,26);2*1H. The smallest absolute Gasteiger partial charge is 0.242 e. The number of hydrogen-bond acceptors (Lipinski definition) is 8. The Bertz CT molecular complexity index is 977. The minimum atomic E-state index is 0. The van der Waals surface area contributed by atoms with Crippen LogP contribution >= 0.6 is 24.8 Å². The van der Waals surface area contributed by atoms with Gasteiger partial charge in [0.05, 0.1) is 24.3 Å². The van der Waals surface area contributed by atoms with Crippen LogP contribution in [-0.4, -0.2) is 52.4 Å². The average Bonchev–Trinajstić information content (AvgIpc) is 3.14. The first kappa shape index (κ1) is 24.8. The quantitative estimate of drug-likeness (QED) is 0.535. The zero-order valence-electron chi connectivity index (χ0n) is 17.9. The number of aromatic nitrogens is 6. The van der Waals surface area contributed by atoms with Gasteiger partial charge in [-0.25, -0.2) is 4.98 Å². The van der Waals surface area contributed by atoms with E-state index in [1.807, 2.05) is 6.07 Å². The Labute approximate surface area is 193 Å². The summed E-state index contributed by atoms with van der Waals surface area (Å²) in [6.45, 7) is 8.82. The summed E-state index contributed by atoms with van der Waals surface area (Å²) in [4.78, 5) is 5.84. The summed E-state index contributed by atoms with van der Waals surface area (Å²) >= 11 is 0. The molecule has 0 spiro atoms. The van der Waals surface area contributed by atoms with E-state index in [0.29, 0.717) is 22.9 Å². The van der Waals surface area contributed by atoms with Gasteiger partial charge < -0.3 is 15.7 Å². The zero-order chi connectivity index (χ0) is 20.6. The SMILES string of the molecule is CC1(C)CC(Nc2ncc(-c3ccc(-n4nccn4)cc3O)nn2)CC(C)(C)N1.Cl.Cl. The van der Waals surface area contributed by atoms with Gasteiger partial charge in [0.2, 0.25) is 5.95 Å². The second kappa shape index (κ2) is 9.33. The van der Waals surface area contributed by atoms with Gasteiger partial charge in [0.15, 0.2) is 0 Å². The molecule has 0 bridgehead atoms. The Morgan fingerprint density at radius 2 is 1.68 bits per heavy atom. The van der Waals surface area contributed by atoms with Gasteiger partial charge in [-0.1, -0.05) is 0 Å². The second-order valence-corrected chi connectivity index (χ2v) is 8.83. The van der Waals surface area contributed by atoms with E-state index in [4.69, 9.17) is 0 Å². The molecule has 9 nitrogen and oxygen atoms in total. The molecule has 1 saturated heterocycles. The lowest BCUT2D eigenvalue weighted by Crippen LogP contribution is -2.60. The van der Waals surface area contributed by atoms with E-state index in [2.05, 4.69) is 63.7 Å². The van der Waals surface area contributed by atoms with Crippen LogP contribution in [0.4, 0.5) is 5.95 Å². The highest BCUT2D eigenvalue weighted by molar-refractivity contribution is 5.85. The summed E-state index contributed by atoms with van der Waals surface area (Å²) in [5, 5.41) is 34.1. The lowest BCUT2D eigenvalue weighted by molar-refractivity contribution is 0.170. The fourth-order valence-electron chi connectivity index (χ4n) is 4.28. The van der Waals surface area contributed by atoms with Crippen molar-refractivity contribution in [3.63, 3.8) is 0 Å². The third-order valence-electron chi connectivity index (χ3n) is 4.99. The maximum absolute atomic E-state index is 10.4. The van der Waals surface area contributed by atoms with Crippen molar-refractivity contribution in [1.29, 1.82) is 0 Å². The molecule has 1 aromatic carbocycles. The molecular formula is C20H28Cl2N8O. The van der Waals surface area contributed by atoms with Crippen LogP contribution in [0, 0.1) is 0 Å². The van der Waals surface area contributed by atoms with E-state index >= 15 is 0 Å². The Morgan fingerprint density at radius 1 is 1.03 bits per heavy atom. The minimum absolute atomic E-state index is 0. The monoisotopic (exact) mass is 466 g/mol. The molecular weight excluding hydrogens is 439 g/mol. The second-order valence-electron chi connectivity index (χ2n) is 8.83. The molecule has 31 heavy (non-hydrogen) atoms. The molecule has 1 aliphatic heterocycles. The molecule has 3 heterocycles. The molecule has 0 amide bonds. The first-order valence-corrected chi connectivity index (χ1v) is 9.66. The molecule has 168 valence electrons. The van der Waals surface area contributed by atoms with E-state index in [1.165, 1.54) is 4.80 Å². The molecule has 2 aromatic heterocycles. The number of hydrogen-bond donors (Lipinski definition) is 3. The van der Waals surface area contributed by atoms with Crippen LogP contribution < -0.4 is 10.6 Å². The van der Waals surface area contributed by atoms with Crippen molar-refractivity contribution < 1.29 is 5.11 Å². The molecule has 1 aliphatic rings. The lowest BCUT2D eigenvalue weighted by atomic mass is 9.80. The predicted molar refractivity (Wildman–Crippen MR) is 124 cm³/mol. The molecule has 3 N–H and O–H groups in total. The van der Waals surface area contributed by atoms with Gasteiger partial charge in [-0.2, -0.15) is 15.0 Å². The Kier molecular flexibility index (Phi) is 7.46. The Morgan fingerprint density at radius 3 is 2.23 bits per heavy atom. The molecule has 0 radical (unpaired) electrons. The number of benzene rings is 1. The minimum Gasteiger partial charge on any atom is -0.507 e. The van der Waals surface area contributed by atoms with Crippen LogP contribution in [0.2, 0.25) is 0 Å². The number of phenolic OH excluding ortho intramolecular Hbond substituents is 1. The lowest BCUT2D eigenvalue weighted by Gasteiger charge is -2.46. The number of nitrogens with zero attached hydrogens (tertiary/aromatic N) is 6. The van der Waals surface area contributed by atoms with Crippen molar-refractivity contribution in [2.45, 2.75) is 57.7 Å². The number of halogens is 2. The summed E-state index contributed by atoms with van der Waals surface area (Å²) in [5.41, 5.74) is 1.77. The van der Waals surface area contributed by atoms with Crippen LogP contribution in [0.1, 0.15) is 40.5 Å². The molecule has 3 aromatic rings.